The number of rotatable bonds is 6. The Bertz CT molecular complexity index is 957. The maximum Gasteiger partial charge on any atom is -1.00 e. The fourth-order valence-corrected chi connectivity index (χ4v) is 14.3. The van der Waals surface area contributed by atoms with Crippen molar-refractivity contribution in [1.82, 2.24) is 0 Å². The van der Waals surface area contributed by atoms with Gasteiger partial charge in [-0.2, -0.15) is 0 Å². The van der Waals surface area contributed by atoms with Gasteiger partial charge in [0.15, 0.2) is 0 Å². The van der Waals surface area contributed by atoms with Crippen LogP contribution in [0, 0.1) is 0 Å². The van der Waals surface area contributed by atoms with E-state index in [1.54, 1.807) is 21.8 Å². The van der Waals surface area contributed by atoms with Gasteiger partial charge in [0.2, 0.25) is 0 Å². The van der Waals surface area contributed by atoms with Crippen molar-refractivity contribution in [2.24, 2.45) is 0 Å². The van der Waals surface area contributed by atoms with E-state index in [0.717, 1.165) is 11.3 Å². The van der Waals surface area contributed by atoms with Crippen molar-refractivity contribution in [2.45, 2.75) is 47.5 Å². The first-order valence-electron chi connectivity index (χ1n) is 10.7. The molecule has 2 aromatic rings. The van der Waals surface area contributed by atoms with Gasteiger partial charge in [0.05, 0.1) is 0 Å². The summed E-state index contributed by atoms with van der Waals surface area (Å²) in [6.07, 6.45) is 5.13. The van der Waals surface area contributed by atoms with Crippen LogP contribution in [0.2, 0.25) is 0 Å². The third kappa shape index (κ3) is 5.43. The topological polar surface area (TPSA) is 0 Å². The van der Waals surface area contributed by atoms with E-state index < -0.39 is 0 Å². The van der Waals surface area contributed by atoms with Crippen molar-refractivity contribution in [2.75, 3.05) is 13.3 Å². The summed E-state index contributed by atoms with van der Waals surface area (Å²) >= 11 is -0.239. The monoisotopic (exact) mass is 524 g/mol. The van der Waals surface area contributed by atoms with E-state index in [2.05, 4.69) is 102 Å². The Labute approximate surface area is 213 Å². The predicted octanol–water partition coefficient (Wildman–Crippen LogP) is 2.31. The zero-order valence-corrected chi connectivity index (χ0v) is 24.1. The molecule has 2 aliphatic rings. The van der Waals surface area contributed by atoms with Crippen molar-refractivity contribution in [3.05, 3.63) is 81.4 Å². The van der Waals surface area contributed by atoms with E-state index in [9.17, 15) is 0 Å². The summed E-state index contributed by atoms with van der Waals surface area (Å²) in [5, 5.41) is 3.54. The van der Waals surface area contributed by atoms with Crippen molar-refractivity contribution in [3.63, 3.8) is 0 Å². The van der Waals surface area contributed by atoms with Gasteiger partial charge in [0, 0.05) is 0 Å². The Kier molecular flexibility index (Phi) is 10.1. The molecule has 0 radical (unpaired) electrons. The van der Waals surface area contributed by atoms with E-state index in [4.69, 9.17) is 0 Å². The third-order valence-corrected chi connectivity index (χ3v) is 14.4. The summed E-state index contributed by atoms with van der Waals surface area (Å²) in [7, 11) is -0.155. The van der Waals surface area contributed by atoms with Crippen LogP contribution in [0.25, 0.3) is 12.2 Å². The van der Waals surface area contributed by atoms with Gasteiger partial charge >= 0.3 is 189 Å². The third-order valence-electron chi connectivity index (χ3n) is 6.07. The Morgan fingerprint density at radius 1 is 0.677 bits per heavy atom. The van der Waals surface area contributed by atoms with Crippen molar-refractivity contribution in [1.29, 1.82) is 0 Å². The molecule has 2 aromatic carbocycles. The number of allylic oxidation sites excluding steroid dienone is 2. The van der Waals surface area contributed by atoms with Crippen LogP contribution < -0.4 is 24.8 Å². The summed E-state index contributed by atoms with van der Waals surface area (Å²) in [5.41, 5.74) is 7.72. The minimum Gasteiger partial charge on any atom is -1.00 e. The summed E-state index contributed by atoms with van der Waals surface area (Å²) in [5.74, 6) is 0. The molecule has 0 nitrogen and oxygen atoms in total. The minimum absolute atomic E-state index is 0. The number of benzene rings is 2. The fraction of sp³-hybridized carbons (Fsp3) is 0.385. The molecule has 0 saturated heterocycles. The van der Waals surface area contributed by atoms with E-state index in [-0.39, 0.29) is 59.8 Å². The van der Waals surface area contributed by atoms with Crippen LogP contribution in [-0.4, -0.2) is 24.6 Å². The van der Waals surface area contributed by atoms with Crippen molar-refractivity contribution < 1.29 is 44.0 Å². The molecular weight excluding hydrogens is 493 g/mol. The molecule has 0 bridgehead atoms. The molecule has 4 rings (SSSR count). The van der Waals surface area contributed by atoms with E-state index in [0.29, 0.717) is 8.45 Å². The molecule has 0 N–H and O–H groups in total. The summed E-state index contributed by atoms with van der Waals surface area (Å²) in [6, 6.07) is 18.4. The molecule has 0 saturated carbocycles. The summed E-state index contributed by atoms with van der Waals surface area (Å²) in [6.45, 7) is 14.7. The average Bonchev–Trinajstić information content (AvgIpc) is 3.21. The first-order chi connectivity index (χ1) is 13.9. The average molecular weight is 525 g/mol. The SMILES string of the molecule is CC(C)P(C1=Cc2ccccc2[CH]1[Ti+2][CH]1C(P(C)C)=Cc2ccccc21)C(C)C.[Cl-].[Cl-]. The van der Waals surface area contributed by atoms with Crippen LogP contribution in [0.3, 0.4) is 0 Å². The zero-order valence-electron chi connectivity index (χ0n) is 19.2. The smallest absolute Gasteiger partial charge is 1.00 e. The predicted molar refractivity (Wildman–Crippen MR) is 130 cm³/mol. The van der Waals surface area contributed by atoms with E-state index in [1.807, 2.05) is 0 Å². The van der Waals surface area contributed by atoms with Gasteiger partial charge < -0.3 is 24.8 Å². The number of fused-ring (bicyclic) bond motifs is 2. The van der Waals surface area contributed by atoms with Gasteiger partial charge in [-0.1, -0.05) is 0 Å². The summed E-state index contributed by atoms with van der Waals surface area (Å²) < 4.78 is 1.39. The van der Waals surface area contributed by atoms with E-state index in [1.165, 1.54) is 11.1 Å². The van der Waals surface area contributed by atoms with Crippen LogP contribution in [0.15, 0.2) is 59.2 Å². The molecule has 2 aliphatic carbocycles. The molecule has 31 heavy (non-hydrogen) atoms. The largest absolute Gasteiger partial charge is 1.00 e. The number of halogens is 2. The van der Waals surface area contributed by atoms with Crippen LogP contribution in [0.5, 0.6) is 0 Å². The molecule has 0 heterocycles. The number of hydrogen-bond donors (Lipinski definition) is 0. The second-order valence-electron chi connectivity index (χ2n) is 8.92. The first kappa shape index (κ1) is 27.3. The van der Waals surface area contributed by atoms with Crippen LogP contribution >= 0.6 is 15.8 Å². The van der Waals surface area contributed by atoms with Crippen LogP contribution in [-0.2, 0) is 19.2 Å². The van der Waals surface area contributed by atoms with Crippen LogP contribution in [0.4, 0.5) is 0 Å². The number of hydrogen-bond acceptors (Lipinski definition) is 0. The molecule has 2 atom stereocenters. The zero-order chi connectivity index (χ0) is 20.7. The molecule has 2 unspecified atom stereocenters. The second-order valence-corrected chi connectivity index (χ2v) is 16.9. The minimum atomic E-state index is -0.239. The first-order valence-corrected chi connectivity index (χ1v) is 16.2. The molecule has 0 aliphatic heterocycles. The molecule has 0 fully saturated rings. The van der Waals surface area contributed by atoms with Crippen molar-refractivity contribution >= 4 is 28.0 Å². The van der Waals surface area contributed by atoms with E-state index >= 15 is 0 Å². The standard InChI is InChI=1S/C15H20P.C11H12P.2ClH.Ti/c1-11(2)16(12(3)4)15-9-13-7-5-6-8-14(13)10-15;1-12(2)11-7-9-5-3-4-6-10(9)8-11;;;/h5-12H,1-4H3;3-8H,1-2H3;2*1H;/q;;;;+2/p-2. The van der Waals surface area contributed by atoms with Gasteiger partial charge in [-0.3, -0.25) is 0 Å². The van der Waals surface area contributed by atoms with Crippen molar-refractivity contribution in [3.8, 4) is 0 Å². The van der Waals surface area contributed by atoms with Gasteiger partial charge in [-0.25, -0.2) is 0 Å². The summed E-state index contributed by atoms with van der Waals surface area (Å²) in [4.78, 5) is 0. The molecule has 5 heteroatoms. The molecule has 0 spiro atoms. The van der Waals surface area contributed by atoms with Crippen LogP contribution in [0.1, 0.15) is 58.4 Å². The fourth-order valence-electron chi connectivity index (χ4n) is 4.93. The second kappa shape index (κ2) is 11.5. The van der Waals surface area contributed by atoms with Gasteiger partial charge in [0.1, 0.15) is 0 Å². The van der Waals surface area contributed by atoms with Gasteiger partial charge in [0.25, 0.3) is 0 Å². The molecule has 164 valence electrons. The normalized spacial score (nSPS) is 18.9. The Balaban J connectivity index is 0.00000171. The molecule has 0 amide bonds. The molecule has 0 aromatic heterocycles. The van der Waals surface area contributed by atoms with Gasteiger partial charge in [-0.05, 0) is 0 Å². The maximum atomic E-state index is 2.60. The maximum absolute atomic E-state index is 2.60. The Hall–Kier alpha value is 0.0743. The molecular formula is C26H32Cl2P2Ti. The van der Waals surface area contributed by atoms with Gasteiger partial charge in [-0.15, -0.1) is 0 Å². The Morgan fingerprint density at radius 3 is 1.55 bits per heavy atom. The quantitative estimate of drug-likeness (QED) is 0.402. The Morgan fingerprint density at radius 2 is 1.10 bits per heavy atom.